The van der Waals surface area contributed by atoms with Gasteiger partial charge >= 0.3 is 6.03 Å². The maximum atomic E-state index is 13.5. The number of halogens is 1. The maximum absolute atomic E-state index is 13.5. The summed E-state index contributed by atoms with van der Waals surface area (Å²) in [6.45, 7) is 1.66. The van der Waals surface area contributed by atoms with E-state index in [9.17, 15) is 14.4 Å². The van der Waals surface area contributed by atoms with Gasteiger partial charge in [-0.25, -0.2) is 9.78 Å². The number of nitrogens with zero attached hydrogens (tertiary/aromatic N) is 4. The van der Waals surface area contributed by atoms with E-state index in [2.05, 4.69) is 15.6 Å². The average Bonchev–Trinajstić information content (AvgIpc) is 3.60. The van der Waals surface area contributed by atoms with E-state index in [0.29, 0.717) is 74.7 Å². The number of benzene rings is 2. The molecular formula is C31H29ClN6O4S. The van der Waals surface area contributed by atoms with Crippen LogP contribution in [0.15, 0.2) is 72.9 Å². The number of pyridine rings is 1. The number of amides is 4. The lowest BCUT2D eigenvalue weighted by molar-refractivity contribution is -0.125. The number of urea groups is 1. The van der Waals surface area contributed by atoms with Crippen LogP contribution in [0, 0.1) is 0 Å². The van der Waals surface area contributed by atoms with E-state index in [1.165, 1.54) is 16.2 Å². The van der Waals surface area contributed by atoms with Crippen LogP contribution in [0.25, 0.3) is 10.2 Å². The Morgan fingerprint density at radius 3 is 2.79 bits per heavy atom. The number of carbonyl (C=O) groups is 3. The van der Waals surface area contributed by atoms with Crippen molar-refractivity contribution < 1.29 is 19.1 Å². The van der Waals surface area contributed by atoms with Crippen molar-refractivity contribution in [2.45, 2.75) is 12.5 Å². The first-order valence-corrected chi connectivity index (χ1v) is 14.9. The van der Waals surface area contributed by atoms with Gasteiger partial charge in [0.2, 0.25) is 5.91 Å². The Kier molecular flexibility index (Phi) is 8.02. The molecule has 0 bridgehead atoms. The topological polar surface area (TPSA) is 107 Å². The quantitative estimate of drug-likeness (QED) is 0.240. The zero-order valence-electron chi connectivity index (χ0n) is 23.5. The summed E-state index contributed by atoms with van der Waals surface area (Å²) in [7, 11) is 3.87. The Labute approximate surface area is 257 Å². The molecule has 10 nitrogen and oxygen atoms in total. The fourth-order valence-corrected chi connectivity index (χ4v) is 6.36. The van der Waals surface area contributed by atoms with Crippen molar-refractivity contribution in [3.63, 3.8) is 0 Å². The number of carbonyl (C=O) groups excluding carboxylic acids is 3. The summed E-state index contributed by atoms with van der Waals surface area (Å²) in [4.78, 5) is 50.1. The molecule has 4 aromatic rings. The van der Waals surface area contributed by atoms with Crippen molar-refractivity contribution in [2.75, 3.05) is 43.9 Å². The number of nitrogens with one attached hydrogen (secondary N) is 2. The summed E-state index contributed by atoms with van der Waals surface area (Å²) in [6.07, 6.45) is 5.66. The third-order valence-corrected chi connectivity index (χ3v) is 8.55. The second-order valence-corrected chi connectivity index (χ2v) is 11.9. The predicted octanol–water partition coefficient (Wildman–Crippen LogP) is 5.87. The number of hydrogen-bond acceptors (Lipinski definition) is 7. The Hall–Kier alpha value is -4.45. The predicted molar refractivity (Wildman–Crippen MR) is 169 cm³/mol. The lowest BCUT2D eigenvalue weighted by Crippen LogP contribution is -2.39. The number of rotatable bonds is 8. The van der Waals surface area contributed by atoms with Gasteiger partial charge in [-0.2, -0.15) is 0 Å². The van der Waals surface area contributed by atoms with Crippen molar-refractivity contribution in [3.8, 4) is 11.5 Å². The number of para-hydroxylation sites is 1. The Balaban J connectivity index is 1.21. The fourth-order valence-electron chi connectivity index (χ4n) is 5.13. The zero-order valence-corrected chi connectivity index (χ0v) is 25.1. The van der Waals surface area contributed by atoms with E-state index >= 15 is 0 Å². The van der Waals surface area contributed by atoms with Crippen LogP contribution in [0.1, 0.15) is 16.1 Å². The number of aromatic nitrogens is 1. The van der Waals surface area contributed by atoms with Crippen LogP contribution < -0.4 is 20.3 Å². The minimum atomic E-state index is -0.428. The molecule has 1 saturated heterocycles. The zero-order chi connectivity index (χ0) is 30.1. The van der Waals surface area contributed by atoms with E-state index in [1.54, 1.807) is 41.4 Å². The average molecular weight is 617 g/mol. The standard InChI is InChI=1S/C31H29ClN6O4S/c1-36(2)15-6-9-25(39)37-16-13-19(18-37)34-29(40)28-27-26-23(12-14-33-30(26)43-28)38(31(41)35-27)20-10-11-24(22(32)17-20)42-21-7-4-3-5-8-21/h3-12,14,17,19H,13,15-16,18H2,1-2H3,(H,34,40)(H,35,41). The summed E-state index contributed by atoms with van der Waals surface area (Å²) in [5, 5.41) is 6.97. The monoisotopic (exact) mass is 616 g/mol. The van der Waals surface area contributed by atoms with Gasteiger partial charge in [0.05, 0.1) is 27.5 Å². The van der Waals surface area contributed by atoms with Gasteiger partial charge in [-0.15, -0.1) is 11.3 Å². The molecular weight excluding hydrogens is 588 g/mol. The molecule has 220 valence electrons. The smallest absolute Gasteiger partial charge is 0.331 e. The summed E-state index contributed by atoms with van der Waals surface area (Å²) < 4.78 is 5.89. The van der Waals surface area contributed by atoms with Crippen LogP contribution in [0.5, 0.6) is 11.5 Å². The molecule has 6 rings (SSSR count). The number of likely N-dealkylation sites (N-methyl/N-ethyl adjacent to an activating group) is 1. The number of ether oxygens (including phenoxy) is 1. The minimum absolute atomic E-state index is 0.0727. The number of thiophene rings is 1. The SMILES string of the molecule is CN(C)CC=CC(=O)N1CCC(NC(=O)c2sc3nccc4c3c2NC(=O)N4c2ccc(Oc3ccccc3)c(Cl)c2)C1. The second kappa shape index (κ2) is 12.0. The molecule has 4 heterocycles. The van der Waals surface area contributed by atoms with Crippen molar-refractivity contribution >= 4 is 68.1 Å². The lowest BCUT2D eigenvalue weighted by atomic mass is 10.1. The van der Waals surface area contributed by atoms with Crippen LogP contribution in [0.4, 0.5) is 21.9 Å². The van der Waals surface area contributed by atoms with Gasteiger partial charge < -0.3 is 25.2 Å². The van der Waals surface area contributed by atoms with E-state index in [1.807, 2.05) is 55.4 Å². The highest BCUT2D eigenvalue weighted by Crippen LogP contribution is 2.46. The molecule has 1 unspecified atom stereocenters. The number of likely N-dealkylation sites (tertiary alicyclic amines) is 1. The molecule has 12 heteroatoms. The van der Waals surface area contributed by atoms with Crippen LogP contribution in [0.2, 0.25) is 5.02 Å². The maximum Gasteiger partial charge on any atom is 0.331 e. The first-order chi connectivity index (χ1) is 20.8. The van der Waals surface area contributed by atoms with Gasteiger partial charge in [-0.3, -0.25) is 14.5 Å². The van der Waals surface area contributed by atoms with Crippen molar-refractivity contribution in [1.82, 2.24) is 20.1 Å². The molecule has 1 atom stereocenters. The van der Waals surface area contributed by atoms with Gasteiger partial charge in [-0.1, -0.05) is 35.9 Å². The molecule has 2 aromatic carbocycles. The third-order valence-electron chi connectivity index (χ3n) is 7.16. The van der Waals surface area contributed by atoms with Crippen molar-refractivity contribution in [3.05, 3.63) is 82.8 Å². The van der Waals surface area contributed by atoms with Gasteiger partial charge in [0, 0.05) is 37.9 Å². The normalized spacial score (nSPS) is 16.3. The van der Waals surface area contributed by atoms with Gasteiger partial charge in [0.15, 0.2) is 0 Å². The highest BCUT2D eigenvalue weighted by molar-refractivity contribution is 7.21. The van der Waals surface area contributed by atoms with Crippen molar-refractivity contribution in [2.24, 2.45) is 0 Å². The van der Waals surface area contributed by atoms with E-state index in [-0.39, 0.29) is 17.9 Å². The minimum Gasteiger partial charge on any atom is -0.456 e. The van der Waals surface area contributed by atoms with E-state index < -0.39 is 6.03 Å². The van der Waals surface area contributed by atoms with E-state index in [0.717, 1.165) is 0 Å². The lowest BCUT2D eigenvalue weighted by Gasteiger charge is -2.28. The summed E-state index contributed by atoms with van der Waals surface area (Å²) in [5.74, 6) is 0.717. The molecule has 0 saturated carbocycles. The summed E-state index contributed by atoms with van der Waals surface area (Å²) >= 11 is 7.78. The van der Waals surface area contributed by atoms with Crippen LogP contribution in [0.3, 0.4) is 0 Å². The Morgan fingerprint density at radius 1 is 1.21 bits per heavy atom. The van der Waals surface area contributed by atoms with Crippen LogP contribution in [-0.4, -0.2) is 72.4 Å². The second-order valence-electron chi connectivity index (χ2n) is 10.5. The first-order valence-electron chi connectivity index (χ1n) is 13.7. The molecule has 4 amide bonds. The Morgan fingerprint density at radius 2 is 2.02 bits per heavy atom. The highest BCUT2D eigenvalue weighted by atomic mass is 35.5. The number of hydrogen-bond donors (Lipinski definition) is 2. The molecule has 43 heavy (non-hydrogen) atoms. The molecule has 2 aromatic heterocycles. The van der Waals surface area contributed by atoms with E-state index in [4.69, 9.17) is 16.3 Å². The molecule has 0 spiro atoms. The molecule has 1 fully saturated rings. The molecule has 2 N–H and O–H groups in total. The Bertz CT molecular complexity index is 1740. The fraction of sp³-hybridized carbons (Fsp3) is 0.226. The summed E-state index contributed by atoms with van der Waals surface area (Å²) in [5.41, 5.74) is 1.55. The molecule has 0 radical (unpaired) electrons. The first kappa shape index (κ1) is 28.7. The molecule has 2 aliphatic rings. The van der Waals surface area contributed by atoms with Crippen LogP contribution in [-0.2, 0) is 4.79 Å². The molecule has 2 aliphatic heterocycles. The number of anilines is 3. The van der Waals surface area contributed by atoms with Gasteiger partial charge in [0.25, 0.3) is 5.91 Å². The van der Waals surface area contributed by atoms with Crippen LogP contribution >= 0.6 is 22.9 Å². The molecule has 0 aliphatic carbocycles. The summed E-state index contributed by atoms with van der Waals surface area (Å²) in [6, 6.07) is 15.5. The highest BCUT2D eigenvalue weighted by Gasteiger charge is 2.34. The van der Waals surface area contributed by atoms with Gasteiger partial charge in [-0.05, 0) is 56.9 Å². The van der Waals surface area contributed by atoms with Gasteiger partial charge in [0.1, 0.15) is 21.2 Å². The largest absolute Gasteiger partial charge is 0.456 e. The van der Waals surface area contributed by atoms with Crippen molar-refractivity contribution in [1.29, 1.82) is 0 Å². The third kappa shape index (κ3) is 5.92.